The first-order valence-electron chi connectivity index (χ1n) is 28.7. The summed E-state index contributed by atoms with van der Waals surface area (Å²) in [5.41, 5.74) is -1.58. The molecule has 4 aliphatic rings. The predicted octanol–water partition coefficient (Wildman–Crippen LogP) is 15.1. The molecule has 4 fully saturated rings. The van der Waals surface area contributed by atoms with E-state index in [9.17, 15) is 19.2 Å². The summed E-state index contributed by atoms with van der Waals surface area (Å²) in [5.74, 6) is 0.697. The van der Waals surface area contributed by atoms with Crippen LogP contribution in [0.1, 0.15) is 267 Å². The second-order valence-corrected chi connectivity index (χ2v) is 22.8. The van der Waals surface area contributed by atoms with Crippen LogP contribution in [0.3, 0.4) is 0 Å². The number of unbranched alkanes of at least 4 members (excludes halogenated alkanes) is 10. The quantitative estimate of drug-likeness (QED) is 0.0336. The minimum Gasteiger partial charge on any atom is -0.465 e. The van der Waals surface area contributed by atoms with Gasteiger partial charge in [0, 0.05) is 47.3 Å². The summed E-state index contributed by atoms with van der Waals surface area (Å²) in [5, 5.41) is 0. The number of carbonyl (C=O) groups excluding carboxylic acids is 4. The maximum Gasteiger partial charge on any atom is 0.305 e. The van der Waals surface area contributed by atoms with Gasteiger partial charge >= 0.3 is 23.9 Å². The van der Waals surface area contributed by atoms with E-state index in [0.717, 1.165) is 135 Å². The molecule has 0 N–H and O–H groups in total. The molecular formula is C58H105NO8. The van der Waals surface area contributed by atoms with E-state index < -0.39 is 21.7 Å². The van der Waals surface area contributed by atoms with Crippen LogP contribution in [0.2, 0.25) is 0 Å². The Kier molecular flexibility index (Phi) is 28.8. The van der Waals surface area contributed by atoms with Gasteiger partial charge in [0.25, 0.3) is 0 Å². The third-order valence-corrected chi connectivity index (χ3v) is 16.2. The third-order valence-electron chi connectivity index (χ3n) is 16.2. The topological polar surface area (TPSA) is 108 Å². The van der Waals surface area contributed by atoms with Crippen molar-refractivity contribution in [3.8, 4) is 0 Å². The summed E-state index contributed by atoms with van der Waals surface area (Å²) in [4.78, 5) is 56.4. The number of carbonyl (C=O) groups is 4. The Labute approximate surface area is 411 Å². The third kappa shape index (κ3) is 22.2. The van der Waals surface area contributed by atoms with Crippen molar-refractivity contribution in [2.24, 2.45) is 33.5 Å². The Morgan fingerprint density at radius 1 is 0.358 bits per heavy atom. The lowest BCUT2D eigenvalue weighted by atomic mass is 9.36. The first kappa shape index (κ1) is 59.2. The van der Waals surface area contributed by atoms with Crippen molar-refractivity contribution in [3.63, 3.8) is 0 Å². The average Bonchev–Trinajstić information content (AvgIpc) is 3.29. The maximum atomic E-state index is 13.6. The van der Waals surface area contributed by atoms with Gasteiger partial charge in [0.15, 0.2) is 0 Å². The molecule has 4 saturated carbocycles. The first-order valence-corrected chi connectivity index (χ1v) is 28.7. The van der Waals surface area contributed by atoms with Crippen LogP contribution in [0.15, 0.2) is 0 Å². The van der Waals surface area contributed by atoms with Crippen LogP contribution < -0.4 is 0 Å². The Morgan fingerprint density at radius 2 is 0.642 bits per heavy atom. The fourth-order valence-electron chi connectivity index (χ4n) is 13.8. The van der Waals surface area contributed by atoms with Crippen LogP contribution in [0.5, 0.6) is 0 Å². The molecule has 9 nitrogen and oxygen atoms in total. The molecule has 2 atom stereocenters. The van der Waals surface area contributed by atoms with Crippen molar-refractivity contribution in [1.29, 1.82) is 0 Å². The molecule has 2 unspecified atom stereocenters. The zero-order valence-electron chi connectivity index (χ0n) is 44.9. The monoisotopic (exact) mass is 944 g/mol. The lowest BCUT2D eigenvalue weighted by molar-refractivity contribution is -0.249. The van der Waals surface area contributed by atoms with E-state index >= 15 is 0 Å². The van der Waals surface area contributed by atoms with Crippen molar-refractivity contribution in [3.05, 3.63) is 0 Å². The highest BCUT2D eigenvalue weighted by atomic mass is 16.5. The highest BCUT2D eigenvalue weighted by molar-refractivity contribution is 5.70. The molecule has 0 aliphatic heterocycles. The van der Waals surface area contributed by atoms with Gasteiger partial charge in [0.1, 0.15) is 0 Å². The molecule has 0 heterocycles. The van der Waals surface area contributed by atoms with Crippen LogP contribution in [-0.2, 0) is 38.1 Å². The van der Waals surface area contributed by atoms with Crippen LogP contribution in [-0.4, -0.2) is 74.8 Å². The Morgan fingerprint density at radius 3 is 0.940 bits per heavy atom. The summed E-state index contributed by atoms with van der Waals surface area (Å²) >= 11 is 0. The molecule has 0 aromatic carbocycles. The highest BCUT2D eigenvalue weighted by Crippen LogP contribution is 2.74. The molecule has 0 aromatic heterocycles. The summed E-state index contributed by atoms with van der Waals surface area (Å²) < 4.78 is 25.2. The van der Waals surface area contributed by atoms with E-state index in [2.05, 4.69) is 53.4 Å². The lowest BCUT2D eigenvalue weighted by Gasteiger charge is -2.69. The predicted molar refractivity (Wildman–Crippen MR) is 274 cm³/mol. The van der Waals surface area contributed by atoms with Crippen molar-refractivity contribution in [1.82, 2.24) is 4.90 Å². The zero-order chi connectivity index (χ0) is 48.9. The number of ether oxygens (including phenoxy) is 4. The van der Waals surface area contributed by atoms with Gasteiger partial charge in [-0.15, -0.1) is 0 Å². The van der Waals surface area contributed by atoms with E-state index in [1.807, 2.05) is 0 Å². The molecule has 390 valence electrons. The molecule has 0 radical (unpaired) electrons. The first-order chi connectivity index (χ1) is 32.4. The number of hydrogen-bond donors (Lipinski definition) is 0. The molecule has 4 bridgehead atoms. The minimum absolute atomic E-state index is 0.143. The van der Waals surface area contributed by atoms with Gasteiger partial charge in [-0.05, 0) is 109 Å². The lowest BCUT2D eigenvalue weighted by Crippen LogP contribution is -2.65. The van der Waals surface area contributed by atoms with Gasteiger partial charge < -0.3 is 23.8 Å². The Bertz CT molecular complexity index is 1310. The molecule has 67 heavy (non-hydrogen) atoms. The normalized spacial score (nSPS) is 23.1. The Balaban J connectivity index is 1.78. The SMILES string of the molecule is CCCCCCCCCCCCCC(=O)OCC12CC3(COC(=O)CCCC(CCC)CCC)CC(COC(=O)CCCC(CCC)CCC)(C1)CC(COC(=O)CCCN(CC)CC)(C2)C3. The van der Waals surface area contributed by atoms with E-state index in [4.69, 9.17) is 18.9 Å². The van der Waals surface area contributed by atoms with Crippen molar-refractivity contribution in [2.75, 3.05) is 46.1 Å². The number of rotatable bonds is 42. The maximum absolute atomic E-state index is 13.6. The van der Waals surface area contributed by atoms with Crippen molar-refractivity contribution in [2.45, 2.75) is 267 Å². The standard InChI is InChI=1S/C58H105NO8/c1-8-15-16-17-18-19-20-21-22-23-24-34-51(60)64-45-55-39-56(46-65-52(61)35-25-32-49(28-9-2)29-10-3)42-57(40-55,47-66-53(62)36-26-33-50(30-11-4)31-12-5)44-58(41-55,43-56)48-67-54(63)37-27-38-59(13-6)14-7/h49-50H,8-48H2,1-7H3. The molecule has 4 aliphatic carbocycles. The van der Waals surface area contributed by atoms with Gasteiger partial charge in [0.05, 0.1) is 26.4 Å². The van der Waals surface area contributed by atoms with Gasteiger partial charge in [-0.25, -0.2) is 0 Å². The van der Waals surface area contributed by atoms with Crippen molar-refractivity contribution >= 4 is 23.9 Å². The second-order valence-electron chi connectivity index (χ2n) is 22.8. The van der Waals surface area contributed by atoms with Crippen LogP contribution in [0, 0.1) is 33.5 Å². The largest absolute Gasteiger partial charge is 0.465 e. The summed E-state index contributed by atoms with van der Waals surface area (Å²) in [7, 11) is 0. The summed E-state index contributed by atoms with van der Waals surface area (Å²) in [6, 6.07) is 0. The van der Waals surface area contributed by atoms with Gasteiger partial charge in [-0.2, -0.15) is 0 Å². The van der Waals surface area contributed by atoms with E-state index in [-0.39, 0.29) is 30.5 Å². The van der Waals surface area contributed by atoms with E-state index in [1.54, 1.807) is 0 Å². The molecule has 4 rings (SSSR count). The number of nitrogens with zero attached hydrogens (tertiary/aromatic N) is 1. The zero-order valence-corrected chi connectivity index (χ0v) is 44.9. The van der Waals surface area contributed by atoms with Gasteiger partial charge in [-0.1, -0.05) is 164 Å². The summed E-state index contributed by atoms with van der Waals surface area (Å²) in [6.07, 6.45) is 33.7. The fraction of sp³-hybridized carbons (Fsp3) is 0.931. The highest BCUT2D eigenvalue weighted by Gasteiger charge is 2.69. The second kappa shape index (κ2) is 32.7. The van der Waals surface area contributed by atoms with Crippen LogP contribution >= 0.6 is 0 Å². The minimum atomic E-state index is -0.397. The van der Waals surface area contributed by atoms with Crippen molar-refractivity contribution < 1.29 is 38.1 Å². The fourth-order valence-corrected chi connectivity index (χ4v) is 13.8. The van der Waals surface area contributed by atoms with Crippen LogP contribution in [0.25, 0.3) is 0 Å². The molecule has 0 amide bonds. The molecule has 9 heteroatoms. The van der Waals surface area contributed by atoms with Gasteiger partial charge in [-0.3, -0.25) is 19.2 Å². The van der Waals surface area contributed by atoms with E-state index in [0.29, 0.717) is 57.3 Å². The summed E-state index contributed by atoms with van der Waals surface area (Å²) in [6.45, 7) is 19.4. The van der Waals surface area contributed by atoms with Crippen LogP contribution in [0.4, 0.5) is 0 Å². The van der Waals surface area contributed by atoms with E-state index in [1.165, 1.54) is 77.0 Å². The average molecular weight is 944 g/mol. The molecule has 0 spiro atoms. The Hall–Kier alpha value is -2.16. The smallest absolute Gasteiger partial charge is 0.305 e. The number of hydrogen-bond acceptors (Lipinski definition) is 9. The molecular weight excluding hydrogens is 839 g/mol. The molecule has 0 saturated heterocycles. The molecule has 0 aromatic rings. The van der Waals surface area contributed by atoms with Gasteiger partial charge in [0.2, 0.25) is 0 Å². The number of esters is 4.